The Hall–Kier alpha value is -1.36. The molecule has 1 heterocycles. The maximum atomic E-state index is 12.4. The van der Waals surface area contributed by atoms with Gasteiger partial charge in [0.25, 0.3) is 0 Å². The van der Waals surface area contributed by atoms with Gasteiger partial charge in [-0.25, -0.2) is 0 Å². The summed E-state index contributed by atoms with van der Waals surface area (Å²) >= 11 is 0. The molecule has 0 aromatic heterocycles. The van der Waals surface area contributed by atoms with Gasteiger partial charge in [0.2, 0.25) is 5.91 Å². The zero-order chi connectivity index (χ0) is 15.0. The van der Waals surface area contributed by atoms with Gasteiger partial charge in [-0.1, -0.05) is 13.0 Å². The van der Waals surface area contributed by atoms with E-state index < -0.39 is 0 Å². The van der Waals surface area contributed by atoms with E-state index in [2.05, 4.69) is 4.74 Å². The molecule has 5 heteroatoms. The highest BCUT2D eigenvalue weighted by molar-refractivity contribution is 5.93. The molecule has 1 atom stereocenters. The van der Waals surface area contributed by atoms with E-state index in [4.69, 9.17) is 4.74 Å². The van der Waals surface area contributed by atoms with E-state index in [9.17, 15) is 9.59 Å². The zero-order valence-electron chi connectivity index (χ0n) is 12.7. The molecular formula is C15H25NO4. The largest absolute Gasteiger partial charge is 0.469 e. The minimum atomic E-state index is -0.299. The number of ether oxygens (including phenoxy) is 2. The third-order valence-electron chi connectivity index (χ3n) is 3.40. The smallest absolute Gasteiger partial charge is 0.307 e. The van der Waals surface area contributed by atoms with E-state index in [-0.39, 0.29) is 24.4 Å². The minimum absolute atomic E-state index is 0.0220. The first-order valence-corrected chi connectivity index (χ1v) is 7.23. The maximum Gasteiger partial charge on any atom is 0.307 e. The second-order valence-corrected chi connectivity index (χ2v) is 5.01. The molecule has 0 radical (unpaired) electrons. The molecule has 0 aliphatic carbocycles. The fourth-order valence-electron chi connectivity index (χ4n) is 2.28. The first-order chi connectivity index (χ1) is 9.58. The first kappa shape index (κ1) is 16.7. The Morgan fingerprint density at radius 2 is 2.20 bits per heavy atom. The summed E-state index contributed by atoms with van der Waals surface area (Å²) < 4.78 is 10.2. The molecule has 1 saturated heterocycles. The molecule has 1 aliphatic rings. The van der Waals surface area contributed by atoms with Crippen molar-refractivity contribution in [2.45, 2.75) is 45.6 Å². The van der Waals surface area contributed by atoms with Crippen LogP contribution >= 0.6 is 0 Å². The van der Waals surface area contributed by atoms with E-state index in [1.54, 1.807) is 4.90 Å². The molecule has 1 amide bonds. The molecule has 20 heavy (non-hydrogen) atoms. The van der Waals surface area contributed by atoms with Gasteiger partial charge in [0.15, 0.2) is 0 Å². The van der Waals surface area contributed by atoms with Crippen LogP contribution in [0.1, 0.15) is 39.5 Å². The van der Waals surface area contributed by atoms with Crippen LogP contribution in [0.3, 0.4) is 0 Å². The number of hydrogen-bond acceptors (Lipinski definition) is 4. The number of rotatable bonds is 7. The van der Waals surface area contributed by atoms with Gasteiger partial charge in [-0.05, 0) is 26.2 Å². The highest BCUT2D eigenvalue weighted by Gasteiger charge is 2.23. The quantitative estimate of drug-likeness (QED) is 0.529. The van der Waals surface area contributed by atoms with Crippen molar-refractivity contribution in [1.82, 2.24) is 4.90 Å². The van der Waals surface area contributed by atoms with Crippen molar-refractivity contribution in [2.24, 2.45) is 0 Å². The SMILES string of the molecule is CC/C=C(/C)C(=O)N(CCC(=O)OC)CC1CCCO1. The van der Waals surface area contributed by atoms with E-state index in [1.165, 1.54) is 7.11 Å². The Bertz CT molecular complexity index is 359. The average Bonchev–Trinajstić information content (AvgIpc) is 2.95. The number of carbonyl (C=O) groups is 2. The minimum Gasteiger partial charge on any atom is -0.469 e. The lowest BCUT2D eigenvalue weighted by atomic mass is 10.1. The summed E-state index contributed by atoms with van der Waals surface area (Å²) in [5.74, 6) is -0.321. The van der Waals surface area contributed by atoms with Crippen molar-refractivity contribution in [1.29, 1.82) is 0 Å². The van der Waals surface area contributed by atoms with E-state index >= 15 is 0 Å². The summed E-state index contributed by atoms with van der Waals surface area (Å²) in [5, 5.41) is 0. The Labute approximate surface area is 120 Å². The van der Waals surface area contributed by atoms with Gasteiger partial charge in [0, 0.05) is 25.3 Å². The van der Waals surface area contributed by atoms with Gasteiger partial charge in [0.05, 0.1) is 19.6 Å². The zero-order valence-corrected chi connectivity index (χ0v) is 12.7. The molecule has 114 valence electrons. The van der Waals surface area contributed by atoms with Crippen molar-refractivity contribution in [2.75, 3.05) is 26.8 Å². The summed E-state index contributed by atoms with van der Waals surface area (Å²) in [6.07, 6.45) is 5.04. The number of amides is 1. The third kappa shape index (κ3) is 5.33. The van der Waals surface area contributed by atoms with Crippen LogP contribution in [0.2, 0.25) is 0 Å². The first-order valence-electron chi connectivity index (χ1n) is 7.23. The molecular weight excluding hydrogens is 258 g/mol. The molecule has 1 rings (SSSR count). The molecule has 0 N–H and O–H groups in total. The third-order valence-corrected chi connectivity index (χ3v) is 3.40. The fraction of sp³-hybridized carbons (Fsp3) is 0.733. The second-order valence-electron chi connectivity index (χ2n) is 5.01. The molecule has 0 aromatic carbocycles. The number of hydrogen-bond donors (Lipinski definition) is 0. The molecule has 5 nitrogen and oxygen atoms in total. The van der Waals surface area contributed by atoms with E-state index in [0.717, 1.165) is 31.4 Å². The second kappa shape index (κ2) is 8.74. The lowest BCUT2D eigenvalue weighted by Gasteiger charge is -2.25. The number of methoxy groups -OCH3 is 1. The molecule has 1 fully saturated rings. The van der Waals surface area contributed by atoms with Crippen LogP contribution in [0, 0.1) is 0 Å². The van der Waals surface area contributed by atoms with Gasteiger partial charge in [-0.2, -0.15) is 0 Å². The topological polar surface area (TPSA) is 55.8 Å². The van der Waals surface area contributed by atoms with Gasteiger partial charge in [-0.3, -0.25) is 9.59 Å². The molecule has 0 spiro atoms. The van der Waals surface area contributed by atoms with Crippen molar-refractivity contribution < 1.29 is 19.1 Å². The Balaban J connectivity index is 2.63. The van der Waals surface area contributed by atoms with E-state index in [1.807, 2.05) is 19.9 Å². The van der Waals surface area contributed by atoms with Crippen LogP contribution in [-0.4, -0.2) is 49.7 Å². The van der Waals surface area contributed by atoms with Crippen LogP contribution < -0.4 is 0 Å². The number of nitrogens with zero attached hydrogens (tertiary/aromatic N) is 1. The van der Waals surface area contributed by atoms with Crippen molar-refractivity contribution in [3.63, 3.8) is 0 Å². The van der Waals surface area contributed by atoms with Gasteiger partial charge < -0.3 is 14.4 Å². The Kier molecular flexibility index (Phi) is 7.30. The monoisotopic (exact) mass is 283 g/mol. The fourth-order valence-corrected chi connectivity index (χ4v) is 2.28. The number of carbonyl (C=O) groups excluding carboxylic acids is 2. The van der Waals surface area contributed by atoms with Gasteiger partial charge >= 0.3 is 5.97 Å². The molecule has 0 bridgehead atoms. The average molecular weight is 283 g/mol. The van der Waals surface area contributed by atoms with Gasteiger partial charge in [0.1, 0.15) is 0 Å². The predicted molar refractivity (Wildman–Crippen MR) is 76.2 cm³/mol. The van der Waals surface area contributed by atoms with Crippen molar-refractivity contribution in [3.05, 3.63) is 11.6 Å². The highest BCUT2D eigenvalue weighted by atomic mass is 16.5. The van der Waals surface area contributed by atoms with Crippen LogP contribution in [0.5, 0.6) is 0 Å². The van der Waals surface area contributed by atoms with Crippen LogP contribution in [-0.2, 0) is 19.1 Å². The molecule has 1 aliphatic heterocycles. The lowest BCUT2D eigenvalue weighted by molar-refractivity contribution is -0.141. The summed E-state index contributed by atoms with van der Waals surface area (Å²) in [4.78, 5) is 25.3. The number of allylic oxidation sites excluding steroid dienone is 1. The summed E-state index contributed by atoms with van der Waals surface area (Å²) in [6, 6.07) is 0. The molecule has 0 saturated carbocycles. The Morgan fingerprint density at radius 1 is 1.45 bits per heavy atom. The highest BCUT2D eigenvalue weighted by Crippen LogP contribution is 2.15. The molecule has 0 aromatic rings. The van der Waals surface area contributed by atoms with Crippen molar-refractivity contribution >= 4 is 11.9 Å². The van der Waals surface area contributed by atoms with Gasteiger partial charge in [-0.15, -0.1) is 0 Å². The summed E-state index contributed by atoms with van der Waals surface area (Å²) in [7, 11) is 1.36. The standard InChI is InChI=1S/C15H25NO4/c1-4-6-12(2)15(18)16(9-8-14(17)19-3)11-13-7-5-10-20-13/h6,13H,4-5,7-11H2,1-3H3/b12-6-. The maximum absolute atomic E-state index is 12.4. The predicted octanol–water partition coefficient (Wildman–Crippen LogP) is 1.91. The Morgan fingerprint density at radius 3 is 2.75 bits per heavy atom. The van der Waals surface area contributed by atoms with Crippen LogP contribution in [0.15, 0.2) is 11.6 Å². The number of esters is 1. The van der Waals surface area contributed by atoms with Crippen LogP contribution in [0.4, 0.5) is 0 Å². The summed E-state index contributed by atoms with van der Waals surface area (Å²) in [5.41, 5.74) is 0.718. The van der Waals surface area contributed by atoms with Crippen LogP contribution in [0.25, 0.3) is 0 Å². The molecule has 1 unspecified atom stereocenters. The normalized spacial score (nSPS) is 18.9. The summed E-state index contributed by atoms with van der Waals surface area (Å²) in [6.45, 7) is 5.49. The lowest BCUT2D eigenvalue weighted by Crippen LogP contribution is -2.39. The van der Waals surface area contributed by atoms with E-state index in [0.29, 0.717) is 13.1 Å². The van der Waals surface area contributed by atoms with Crippen molar-refractivity contribution in [3.8, 4) is 0 Å².